The molecule has 0 aromatic heterocycles. The molecule has 4 heteroatoms. The lowest BCUT2D eigenvalue weighted by atomic mass is 10.0. The van der Waals surface area contributed by atoms with Gasteiger partial charge in [-0.1, -0.05) is 0 Å². The van der Waals surface area contributed by atoms with Crippen LogP contribution in [-0.4, -0.2) is 61.5 Å². The van der Waals surface area contributed by atoms with Crippen LogP contribution in [0.5, 0.6) is 0 Å². The predicted octanol–water partition coefficient (Wildman–Crippen LogP) is -0.568. The van der Waals surface area contributed by atoms with Gasteiger partial charge in [0.05, 0.1) is 19.3 Å². The number of ether oxygens (including phenoxy) is 1. The van der Waals surface area contributed by atoms with E-state index in [0.717, 1.165) is 45.1 Å². The fourth-order valence-electron chi connectivity index (χ4n) is 2.16. The molecule has 0 aromatic carbocycles. The van der Waals surface area contributed by atoms with Crippen LogP contribution in [-0.2, 0) is 4.74 Å². The second kappa shape index (κ2) is 5.07. The first kappa shape index (κ1) is 10.4. The van der Waals surface area contributed by atoms with Gasteiger partial charge in [0, 0.05) is 32.2 Å². The molecule has 2 aliphatic rings. The molecule has 0 aromatic rings. The molecule has 4 nitrogen and oxygen atoms in total. The van der Waals surface area contributed by atoms with Crippen molar-refractivity contribution in [2.75, 3.05) is 39.4 Å². The van der Waals surface area contributed by atoms with Crippen molar-refractivity contribution in [3.8, 4) is 0 Å². The number of hydrogen-bond acceptors (Lipinski definition) is 4. The minimum Gasteiger partial charge on any atom is -0.394 e. The SMILES string of the molecule is OCCOC1CCN(C2CNC2)CC1. The van der Waals surface area contributed by atoms with Crippen molar-refractivity contribution in [2.45, 2.75) is 25.0 Å². The highest BCUT2D eigenvalue weighted by Crippen LogP contribution is 2.17. The topological polar surface area (TPSA) is 44.7 Å². The van der Waals surface area contributed by atoms with E-state index in [4.69, 9.17) is 9.84 Å². The maximum absolute atomic E-state index is 8.64. The van der Waals surface area contributed by atoms with Crippen LogP contribution in [0.4, 0.5) is 0 Å². The molecular weight excluding hydrogens is 180 g/mol. The van der Waals surface area contributed by atoms with Crippen LogP contribution < -0.4 is 5.32 Å². The third-order valence-corrected chi connectivity index (χ3v) is 3.20. The number of rotatable bonds is 4. The second-order valence-corrected chi connectivity index (χ2v) is 4.14. The quantitative estimate of drug-likeness (QED) is 0.638. The van der Waals surface area contributed by atoms with Crippen LogP contribution in [0.3, 0.4) is 0 Å². The van der Waals surface area contributed by atoms with E-state index in [1.54, 1.807) is 0 Å². The van der Waals surface area contributed by atoms with Gasteiger partial charge in [0.1, 0.15) is 0 Å². The van der Waals surface area contributed by atoms with Crippen LogP contribution >= 0.6 is 0 Å². The van der Waals surface area contributed by atoms with Crippen molar-refractivity contribution in [1.29, 1.82) is 0 Å². The number of aliphatic hydroxyl groups excluding tert-OH is 1. The molecule has 0 aliphatic carbocycles. The van der Waals surface area contributed by atoms with Crippen LogP contribution in [0.15, 0.2) is 0 Å². The molecule has 14 heavy (non-hydrogen) atoms. The van der Waals surface area contributed by atoms with Gasteiger partial charge in [-0.25, -0.2) is 0 Å². The zero-order chi connectivity index (χ0) is 9.80. The fraction of sp³-hybridized carbons (Fsp3) is 1.00. The van der Waals surface area contributed by atoms with Crippen LogP contribution in [0.1, 0.15) is 12.8 Å². The Labute approximate surface area is 85.2 Å². The van der Waals surface area contributed by atoms with Crippen molar-refractivity contribution in [2.24, 2.45) is 0 Å². The molecule has 0 atom stereocenters. The van der Waals surface area contributed by atoms with Crippen LogP contribution in [0, 0.1) is 0 Å². The Balaban J connectivity index is 1.64. The predicted molar refractivity (Wildman–Crippen MR) is 54.3 cm³/mol. The Morgan fingerprint density at radius 2 is 2.00 bits per heavy atom. The lowest BCUT2D eigenvalue weighted by Crippen LogP contribution is -2.59. The molecule has 0 unspecified atom stereocenters. The van der Waals surface area contributed by atoms with E-state index < -0.39 is 0 Å². The Kier molecular flexibility index (Phi) is 3.75. The van der Waals surface area contributed by atoms with Gasteiger partial charge in [-0.2, -0.15) is 0 Å². The standard InChI is InChI=1S/C10H20N2O2/c13-5-6-14-10-1-3-12(4-2-10)9-7-11-8-9/h9-11,13H,1-8H2. The van der Waals surface area contributed by atoms with E-state index in [2.05, 4.69) is 10.2 Å². The molecule has 0 spiro atoms. The highest BCUT2D eigenvalue weighted by atomic mass is 16.5. The Hall–Kier alpha value is -0.160. The van der Waals surface area contributed by atoms with Crippen molar-refractivity contribution in [3.63, 3.8) is 0 Å². The number of aliphatic hydroxyl groups is 1. The average molecular weight is 200 g/mol. The van der Waals surface area contributed by atoms with Crippen molar-refractivity contribution < 1.29 is 9.84 Å². The smallest absolute Gasteiger partial charge is 0.0701 e. The van der Waals surface area contributed by atoms with Crippen LogP contribution in [0.25, 0.3) is 0 Å². The lowest BCUT2D eigenvalue weighted by Gasteiger charge is -2.42. The Morgan fingerprint density at radius 3 is 2.50 bits per heavy atom. The van der Waals surface area contributed by atoms with Gasteiger partial charge in [-0.3, -0.25) is 4.90 Å². The second-order valence-electron chi connectivity index (χ2n) is 4.14. The van der Waals surface area contributed by atoms with Gasteiger partial charge in [-0.15, -0.1) is 0 Å². The lowest BCUT2D eigenvalue weighted by molar-refractivity contribution is -0.0197. The van der Waals surface area contributed by atoms with Crippen molar-refractivity contribution in [3.05, 3.63) is 0 Å². The van der Waals surface area contributed by atoms with Gasteiger partial charge >= 0.3 is 0 Å². The molecule has 82 valence electrons. The number of nitrogens with one attached hydrogen (secondary N) is 1. The molecule has 2 rings (SSSR count). The summed E-state index contributed by atoms with van der Waals surface area (Å²) in [4.78, 5) is 2.55. The fourth-order valence-corrected chi connectivity index (χ4v) is 2.16. The molecule has 0 radical (unpaired) electrons. The van der Waals surface area contributed by atoms with E-state index in [0.29, 0.717) is 12.7 Å². The van der Waals surface area contributed by atoms with E-state index in [1.807, 2.05) is 0 Å². The van der Waals surface area contributed by atoms with Gasteiger partial charge in [-0.05, 0) is 12.8 Å². The highest BCUT2D eigenvalue weighted by molar-refractivity contribution is 4.87. The third-order valence-electron chi connectivity index (χ3n) is 3.20. The first-order valence-electron chi connectivity index (χ1n) is 5.57. The van der Waals surface area contributed by atoms with Gasteiger partial charge < -0.3 is 15.2 Å². The molecular formula is C10H20N2O2. The first-order chi connectivity index (χ1) is 6.90. The van der Waals surface area contributed by atoms with Crippen molar-refractivity contribution >= 4 is 0 Å². The molecule has 2 aliphatic heterocycles. The summed E-state index contributed by atoms with van der Waals surface area (Å²) in [6.07, 6.45) is 2.62. The van der Waals surface area contributed by atoms with E-state index in [9.17, 15) is 0 Å². The zero-order valence-electron chi connectivity index (χ0n) is 8.61. The summed E-state index contributed by atoms with van der Waals surface area (Å²) in [6, 6.07) is 0.772. The Morgan fingerprint density at radius 1 is 1.29 bits per heavy atom. The van der Waals surface area contributed by atoms with E-state index in [1.165, 1.54) is 0 Å². The number of likely N-dealkylation sites (tertiary alicyclic amines) is 1. The van der Waals surface area contributed by atoms with Gasteiger partial charge in [0.25, 0.3) is 0 Å². The monoisotopic (exact) mass is 200 g/mol. The van der Waals surface area contributed by atoms with Gasteiger partial charge in [0.15, 0.2) is 0 Å². The summed E-state index contributed by atoms with van der Waals surface area (Å²) in [5, 5.41) is 11.9. The minimum atomic E-state index is 0.146. The molecule has 2 fully saturated rings. The maximum atomic E-state index is 8.64. The van der Waals surface area contributed by atoms with E-state index >= 15 is 0 Å². The summed E-state index contributed by atoms with van der Waals surface area (Å²) < 4.78 is 5.52. The van der Waals surface area contributed by atoms with Crippen LogP contribution in [0.2, 0.25) is 0 Å². The summed E-state index contributed by atoms with van der Waals surface area (Å²) >= 11 is 0. The summed E-state index contributed by atoms with van der Waals surface area (Å²) in [5.41, 5.74) is 0. The summed E-state index contributed by atoms with van der Waals surface area (Å²) in [7, 11) is 0. The first-order valence-corrected chi connectivity index (χ1v) is 5.57. The number of nitrogens with zero attached hydrogens (tertiary/aromatic N) is 1. The summed E-state index contributed by atoms with van der Waals surface area (Å²) in [5.74, 6) is 0. The molecule has 2 saturated heterocycles. The molecule has 2 heterocycles. The van der Waals surface area contributed by atoms with E-state index in [-0.39, 0.29) is 6.61 Å². The molecule has 2 N–H and O–H groups in total. The summed E-state index contributed by atoms with van der Waals surface area (Å²) in [6.45, 7) is 5.26. The molecule has 0 bridgehead atoms. The number of piperidine rings is 1. The Bertz CT molecular complexity index is 166. The zero-order valence-corrected chi connectivity index (χ0v) is 8.61. The largest absolute Gasteiger partial charge is 0.394 e. The van der Waals surface area contributed by atoms with Crippen molar-refractivity contribution in [1.82, 2.24) is 10.2 Å². The normalized spacial score (nSPS) is 26.4. The molecule has 0 saturated carbocycles. The number of hydrogen-bond donors (Lipinski definition) is 2. The minimum absolute atomic E-state index is 0.146. The third kappa shape index (κ3) is 2.45. The molecule has 0 amide bonds. The van der Waals surface area contributed by atoms with Gasteiger partial charge in [0.2, 0.25) is 0 Å². The maximum Gasteiger partial charge on any atom is 0.0701 e. The average Bonchev–Trinajstić information content (AvgIpc) is 2.14. The highest BCUT2D eigenvalue weighted by Gasteiger charge is 2.28.